The Kier molecular flexibility index (Phi) is 3.39. The summed E-state index contributed by atoms with van der Waals surface area (Å²) in [6, 6.07) is 11.8. The molecule has 0 fully saturated rings. The number of nitrogens with zero attached hydrogens (tertiary/aromatic N) is 3. The number of aryl methyl sites for hydroxylation is 2. The third-order valence-corrected chi connectivity index (χ3v) is 3.35. The summed E-state index contributed by atoms with van der Waals surface area (Å²) in [6.07, 6.45) is 0.761. The minimum atomic E-state index is 0.382. The Hall–Kier alpha value is -2.69. The van der Waals surface area contributed by atoms with E-state index in [0.29, 0.717) is 11.6 Å². The van der Waals surface area contributed by atoms with E-state index in [1.807, 2.05) is 50.2 Å². The van der Waals surface area contributed by atoms with E-state index in [9.17, 15) is 0 Å². The molecule has 2 heterocycles. The van der Waals surface area contributed by atoms with Gasteiger partial charge in [-0.05, 0) is 25.0 Å². The number of anilines is 1. The van der Waals surface area contributed by atoms with Crippen LogP contribution in [0.2, 0.25) is 0 Å². The summed E-state index contributed by atoms with van der Waals surface area (Å²) < 4.78 is 5.49. The van der Waals surface area contributed by atoms with Crippen LogP contribution in [0.3, 0.4) is 0 Å². The van der Waals surface area contributed by atoms with Crippen molar-refractivity contribution in [3.63, 3.8) is 0 Å². The van der Waals surface area contributed by atoms with Gasteiger partial charge in [0.25, 0.3) is 0 Å². The molecule has 2 aromatic heterocycles. The fourth-order valence-electron chi connectivity index (χ4n) is 2.34. The first-order valence-corrected chi connectivity index (χ1v) is 6.84. The highest BCUT2D eigenvalue weighted by molar-refractivity contribution is 5.87. The van der Waals surface area contributed by atoms with Crippen molar-refractivity contribution in [1.82, 2.24) is 15.4 Å². The van der Waals surface area contributed by atoms with Crippen LogP contribution in [0.15, 0.2) is 40.9 Å². The van der Waals surface area contributed by atoms with E-state index in [1.54, 1.807) is 0 Å². The standard InChI is InChI=1S/C16H16N4O/c1-3-13-12(9-10(2)18-19-13)15-14(16(17)20-21-15)11-7-5-4-6-8-11/h4-9H,3H2,1-2H3,(H2,17,20). The van der Waals surface area contributed by atoms with Gasteiger partial charge < -0.3 is 10.3 Å². The Morgan fingerprint density at radius 3 is 2.62 bits per heavy atom. The zero-order valence-corrected chi connectivity index (χ0v) is 12.0. The number of hydrogen-bond acceptors (Lipinski definition) is 5. The molecule has 0 bridgehead atoms. The maximum absolute atomic E-state index is 6.00. The van der Waals surface area contributed by atoms with E-state index in [-0.39, 0.29) is 0 Å². The summed E-state index contributed by atoms with van der Waals surface area (Å²) in [5.74, 6) is 1.03. The van der Waals surface area contributed by atoms with Gasteiger partial charge >= 0.3 is 0 Å². The average Bonchev–Trinajstić information content (AvgIpc) is 2.89. The predicted molar refractivity (Wildman–Crippen MR) is 81.5 cm³/mol. The first kappa shape index (κ1) is 13.3. The van der Waals surface area contributed by atoms with E-state index in [4.69, 9.17) is 10.3 Å². The van der Waals surface area contributed by atoms with Crippen molar-refractivity contribution < 1.29 is 4.52 Å². The average molecular weight is 280 g/mol. The molecule has 106 valence electrons. The van der Waals surface area contributed by atoms with E-state index in [1.165, 1.54) is 0 Å². The molecule has 0 aliphatic heterocycles. The molecule has 0 saturated carbocycles. The van der Waals surface area contributed by atoms with Crippen molar-refractivity contribution in [3.8, 4) is 22.5 Å². The first-order chi connectivity index (χ1) is 10.2. The first-order valence-electron chi connectivity index (χ1n) is 6.84. The van der Waals surface area contributed by atoms with Crippen molar-refractivity contribution in [2.24, 2.45) is 0 Å². The van der Waals surface area contributed by atoms with Crippen LogP contribution in [-0.4, -0.2) is 15.4 Å². The number of hydrogen-bond donors (Lipinski definition) is 1. The van der Waals surface area contributed by atoms with Crippen LogP contribution in [0.4, 0.5) is 5.82 Å². The van der Waals surface area contributed by atoms with Crippen LogP contribution in [0.1, 0.15) is 18.3 Å². The maximum atomic E-state index is 6.00. The monoisotopic (exact) mass is 280 g/mol. The zero-order valence-electron chi connectivity index (χ0n) is 12.0. The molecule has 0 spiro atoms. The van der Waals surface area contributed by atoms with Crippen molar-refractivity contribution >= 4 is 5.82 Å². The fourth-order valence-corrected chi connectivity index (χ4v) is 2.34. The van der Waals surface area contributed by atoms with E-state index < -0.39 is 0 Å². The van der Waals surface area contributed by atoms with E-state index >= 15 is 0 Å². The molecule has 0 aliphatic rings. The van der Waals surface area contributed by atoms with Gasteiger partial charge in [-0.15, -0.1) is 0 Å². The predicted octanol–water partition coefficient (Wildman–Crippen LogP) is 3.25. The lowest BCUT2D eigenvalue weighted by Crippen LogP contribution is -1.98. The van der Waals surface area contributed by atoms with E-state index in [2.05, 4.69) is 15.4 Å². The van der Waals surface area contributed by atoms with Crippen molar-refractivity contribution in [2.75, 3.05) is 5.73 Å². The molecular weight excluding hydrogens is 264 g/mol. The summed E-state index contributed by atoms with van der Waals surface area (Å²) in [5, 5.41) is 12.3. The van der Waals surface area contributed by atoms with Crippen LogP contribution < -0.4 is 5.73 Å². The van der Waals surface area contributed by atoms with Crippen molar-refractivity contribution in [3.05, 3.63) is 47.8 Å². The molecule has 0 radical (unpaired) electrons. The molecule has 0 aliphatic carbocycles. The highest BCUT2D eigenvalue weighted by Gasteiger charge is 2.20. The van der Waals surface area contributed by atoms with Gasteiger partial charge in [0.05, 0.1) is 17.0 Å². The van der Waals surface area contributed by atoms with Gasteiger partial charge in [0.15, 0.2) is 11.6 Å². The lowest BCUT2D eigenvalue weighted by atomic mass is 10.00. The van der Waals surface area contributed by atoms with Gasteiger partial charge in [0, 0.05) is 5.56 Å². The second-order valence-corrected chi connectivity index (χ2v) is 4.84. The van der Waals surface area contributed by atoms with Crippen LogP contribution in [0.5, 0.6) is 0 Å². The number of aromatic nitrogens is 3. The van der Waals surface area contributed by atoms with E-state index in [0.717, 1.165) is 34.5 Å². The smallest absolute Gasteiger partial charge is 0.178 e. The quantitative estimate of drug-likeness (QED) is 0.796. The van der Waals surface area contributed by atoms with Gasteiger partial charge in [-0.1, -0.05) is 42.4 Å². The molecule has 3 aromatic rings. The topological polar surface area (TPSA) is 77.8 Å². The Balaban J connectivity index is 2.24. The third kappa shape index (κ3) is 2.38. The molecule has 0 atom stereocenters. The Morgan fingerprint density at radius 2 is 1.90 bits per heavy atom. The fraction of sp³-hybridized carbons (Fsp3) is 0.188. The Morgan fingerprint density at radius 1 is 1.14 bits per heavy atom. The number of nitrogen functional groups attached to an aromatic ring is 1. The van der Waals surface area contributed by atoms with Crippen LogP contribution in [-0.2, 0) is 6.42 Å². The normalized spacial score (nSPS) is 10.8. The van der Waals surface area contributed by atoms with Crippen molar-refractivity contribution in [2.45, 2.75) is 20.3 Å². The molecule has 0 amide bonds. The number of rotatable bonds is 3. The summed E-state index contributed by atoms with van der Waals surface area (Å²) in [7, 11) is 0. The summed E-state index contributed by atoms with van der Waals surface area (Å²) >= 11 is 0. The Labute approximate surface area is 122 Å². The molecule has 2 N–H and O–H groups in total. The van der Waals surface area contributed by atoms with Gasteiger partial charge in [-0.2, -0.15) is 10.2 Å². The second kappa shape index (κ2) is 5.36. The molecule has 21 heavy (non-hydrogen) atoms. The van der Waals surface area contributed by atoms with Gasteiger partial charge in [-0.25, -0.2) is 0 Å². The summed E-state index contributed by atoms with van der Waals surface area (Å²) in [5.41, 5.74) is 10.4. The SMILES string of the molecule is CCc1nnc(C)cc1-c1onc(N)c1-c1ccccc1. The molecule has 5 nitrogen and oxygen atoms in total. The van der Waals surface area contributed by atoms with Crippen LogP contribution >= 0.6 is 0 Å². The molecule has 5 heteroatoms. The third-order valence-electron chi connectivity index (χ3n) is 3.35. The largest absolute Gasteiger partial charge is 0.380 e. The zero-order chi connectivity index (χ0) is 14.8. The molecule has 0 unspecified atom stereocenters. The maximum Gasteiger partial charge on any atom is 0.178 e. The molecule has 1 aromatic carbocycles. The molecule has 0 saturated heterocycles. The highest BCUT2D eigenvalue weighted by Crippen LogP contribution is 2.37. The molecule has 3 rings (SSSR count). The minimum Gasteiger partial charge on any atom is -0.380 e. The van der Waals surface area contributed by atoms with Gasteiger partial charge in [-0.3, -0.25) is 0 Å². The van der Waals surface area contributed by atoms with Crippen LogP contribution in [0.25, 0.3) is 22.5 Å². The Bertz CT molecular complexity index is 765. The number of benzene rings is 1. The van der Waals surface area contributed by atoms with Gasteiger partial charge in [0.1, 0.15) is 0 Å². The second-order valence-electron chi connectivity index (χ2n) is 4.84. The lowest BCUT2D eigenvalue weighted by molar-refractivity contribution is 0.435. The highest BCUT2D eigenvalue weighted by atomic mass is 16.5. The van der Waals surface area contributed by atoms with Crippen molar-refractivity contribution in [1.29, 1.82) is 0 Å². The van der Waals surface area contributed by atoms with Crippen LogP contribution in [0, 0.1) is 6.92 Å². The lowest BCUT2D eigenvalue weighted by Gasteiger charge is -2.06. The summed E-state index contributed by atoms with van der Waals surface area (Å²) in [4.78, 5) is 0. The summed E-state index contributed by atoms with van der Waals surface area (Å²) in [6.45, 7) is 3.93. The number of nitrogens with two attached hydrogens (primary N) is 1. The molecular formula is C16H16N4O. The minimum absolute atomic E-state index is 0.382. The van der Waals surface area contributed by atoms with Gasteiger partial charge in [0.2, 0.25) is 0 Å².